The molecule has 1 atom stereocenters. The SMILES string of the molecule is CCOC(=O)C(O)(CC(=O)CC)C(F)(F)F. The molecular formula is C9H13F3O4. The summed E-state index contributed by atoms with van der Waals surface area (Å²) in [6.45, 7) is 2.33. The van der Waals surface area contributed by atoms with Crippen molar-refractivity contribution in [1.82, 2.24) is 0 Å². The van der Waals surface area contributed by atoms with Crippen LogP contribution in [0.2, 0.25) is 0 Å². The second kappa shape index (κ2) is 5.29. The van der Waals surface area contributed by atoms with Crippen LogP contribution in [0.5, 0.6) is 0 Å². The zero-order valence-corrected chi connectivity index (χ0v) is 8.93. The van der Waals surface area contributed by atoms with Gasteiger partial charge in [0.1, 0.15) is 5.78 Å². The van der Waals surface area contributed by atoms with Gasteiger partial charge in [-0.1, -0.05) is 6.92 Å². The number of alkyl halides is 3. The molecule has 0 aliphatic rings. The van der Waals surface area contributed by atoms with E-state index < -0.39 is 30.0 Å². The van der Waals surface area contributed by atoms with Crippen LogP contribution in [0.1, 0.15) is 26.7 Å². The second-order valence-corrected chi connectivity index (χ2v) is 3.15. The number of Topliss-reactive ketones (excluding diaryl/α,β-unsaturated/α-hetero) is 1. The zero-order chi connectivity index (χ0) is 13.0. The van der Waals surface area contributed by atoms with E-state index in [2.05, 4.69) is 4.74 Å². The molecule has 1 unspecified atom stereocenters. The van der Waals surface area contributed by atoms with Gasteiger partial charge in [-0.25, -0.2) is 4.79 Å². The van der Waals surface area contributed by atoms with Gasteiger partial charge in [-0.15, -0.1) is 0 Å². The van der Waals surface area contributed by atoms with Crippen molar-refractivity contribution < 1.29 is 32.6 Å². The Hall–Kier alpha value is -1.11. The molecule has 0 fully saturated rings. The Morgan fingerprint density at radius 3 is 2.06 bits per heavy atom. The van der Waals surface area contributed by atoms with Gasteiger partial charge in [0.25, 0.3) is 5.60 Å². The number of aliphatic hydroxyl groups is 1. The predicted molar refractivity (Wildman–Crippen MR) is 47.6 cm³/mol. The third kappa shape index (κ3) is 3.19. The number of rotatable bonds is 5. The van der Waals surface area contributed by atoms with E-state index in [0.29, 0.717) is 0 Å². The zero-order valence-electron chi connectivity index (χ0n) is 8.93. The highest BCUT2D eigenvalue weighted by atomic mass is 19.4. The number of ketones is 1. The quantitative estimate of drug-likeness (QED) is 0.736. The molecule has 7 heteroatoms. The lowest BCUT2D eigenvalue weighted by atomic mass is 9.95. The number of carbonyl (C=O) groups excluding carboxylic acids is 2. The number of hydrogen-bond donors (Lipinski definition) is 1. The molecule has 0 aromatic heterocycles. The van der Waals surface area contributed by atoms with Gasteiger partial charge in [-0.3, -0.25) is 4.79 Å². The molecule has 0 saturated heterocycles. The fourth-order valence-corrected chi connectivity index (χ4v) is 0.949. The van der Waals surface area contributed by atoms with Gasteiger partial charge in [-0.2, -0.15) is 13.2 Å². The molecular weight excluding hydrogens is 229 g/mol. The van der Waals surface area contributed by atoms with E-state index in [4.69, 9.17) is 0 Å². The molecule has 1 N–H and O–H groups in total. The predicted octanol–water partition coefficient (Wildman–Crippen LogP) is 1.21. The summed E-state index contributed by atoms with van der Waals surface area (Å²) in [6.07, 6.45) is -6.74. The maximum absolute atomic E-state index is 12.5. The first-order chi connectivity index (χ1) is 7.19. The van der Waals surface area contributed by atoms with E-state index in [1.165, 1.54) is 13.8 Å². The number of ether oxygens (including phenoxy) is 1. The Morgan fingerprint density at radius 2 is 1.75 bits per heavy atom. The van der Waals surface area contributed by atoms with Crippen LogP contribution in [0.15, 0.2) is 0 Å². The van der Waals surface area contributed by atoms with E-state index in [-0.39, 0.29) is 13.0 Å². The molecule has 0 spiro atoms. The molecule has 94 valence electrons. The van der Waals surface area contributed by atoms with Crippen LogP contribution in [0.4, 0.5) is 13.2 Å². The average molecular weight is 242 g/mol. The lowest BCUT2D eigenvalue weighted by Gasteiger charge is -2.27. The maximum atomic E-state index is 12.5. The van der Waals surface area contributed by atoms with Crippen LogP contribution >= 0.6 is 0 Å². The fourth-order valence-electron chi connectivity index (χ4n) is 0.949. The Balaban J connectivity index is 5.04. The van der Waals surface area contributed by atoms with Crippen molar-refractivity contribution in [3.63, 3.8) is 0 Å². The Labute approximate surface area is 90.4 Å². The summed E-state index contributed by atoms with van der Waals surface area (Å²) in [7, 11) is 0. The van der Waals surface area contributed by atoms with Crippen LogP contribution in [-0.4, -0.2) is 35.2 Å². The third-order valence-electron chi connectivity index (χ3n) is 1.93. The lowest BCUT2D eigenvalue weighted by molar-refractivity contribution is -0.263. The smallest absolute Gasteiger partial charge is 0.428 e. The minimum Gasteiger partial charge on any atom is -0.464 e. The minimum absolute atomic E-state index is 0.197. The molecule has 0 aromatic rings. The van der Waals surface area contributed by atoms with Gasteiger partial charge in [0.15, 0.2) is 0 Å². The van der Waals surface area contributed by atoms with Gasteiger partial charge in [0.2, 0.25) is 0 Å². The fraction of sp³-hybridized carbons (Fsp3) is 0.778. The molecule has 0 aliphatic carbocycles. The summed E-state index contributed by atoms with van der Waals surface area (Å²) in [4.78, 5) is 21.9. The van der Waals surface area contributed by atoms with Crippen molar-refractivity contribution in [3.8, 4) is 0 Å². The normalized spacial score (nSPS) is 15.4. The molecule has 0 aliphatic heterocycles. The first kappa shape index (κ1) is 14.9. The molecule has 0 bridgehead atoms. The third-order valence-corrected chi connectivity index (χ3v) is 1.93. The summed E-state index contributed by atoms with van der Waals surface area (Å²) in [5.41, 5.74) is -3.74. The van der Waals surface area contributed by atoms with Crippen molar-refractivity contribution in [2.45, 2.75) is 38.5 Å². The highest BCUT2D eigenvalue weighted by molar-refractivity contribution is 5.89. The summed E-state index contributed by atoms with van der Waals surface area (Å²) in [5, 5.41) is 9.23. The first-order valence-electron chi connectivity index (χ1n) is 4.67. The molecule has 0 radical (unpaired) electrons. The van der Waals surface area contributed by atoms with Crippen molar-refractivity contribution in [3.05, 3.63) is 0 Å². The highest BCUT2D eigenvalue weighted by Crippen LogP contribution is 2.34. The number of esters is 1. The summed E-state index contributed by atoms with van der Waals surface area (Å²) >= 11 is 0. The van der Waals surface area contributed by atoms with Gasteiger partial charge in [0, 0.05) is 6.42 Å². The Kier molecular flexibility index (Phi) is 4.92. The molecule has 0 amide bonds. The van der Waals surface area contributed by atoms with Crippen molar-refractivity contribution in [1.29, 1.82) is 0 Å². The summed E-state index contributed by atoms with van der Waals surface area (Å²) < 4.78 is 41.5. The molecule has 0 heterocycles. The molecule has 0 rings (SSSR count). The van der Waals surface area contributed by atoms with Crippen LogP contribution < -0.4 is 0 Å². The summed E-state index contributed by atoms with van der Waals surface area (Å²) in [5.74, 6) is -2.71. The highest BCUT2D eigenvalue weighted by Gasteiger charge is 2.61. The van der Waals surface area contributed by atoms with Crippen molar-refractivity contribution in [2.75, 3.05) is 6.61 Å². The maximum Gasteiger partial charge on any atom is 0.428 e. The largest absolute Gasteiger partial charge is 0.464 e. The molecule has 16 heavy (non-hydrogen) atoms. The van der Waals surface area contributed by atoms with Gasteiger partial charge >= 0.3 is 12.1 Å². The minimum atomic E-state index is -5.23. The van der Waals surface area contributed by atoms with Crippen LogP contribution in [0.25, 0.3) is 0 Å². The van der Waals surface area contributed by atoms with Gasteiger partial charge in [-0.05, 0) is 6.92 Å². The van der Waals surface area contributed by atoms with E-state index in [9.17, 15) is 27.9 Å². The molecule has 0 saturated carbocycles. The summed E-state index contributed by atoms with van der Waals surface area (Å²) in [6, 6.07) is 0. The number of hydrogen-bond acceptors (Lipinski definition) is 4. The number of carbonyl (C=O) groups is 2. The van der Waals surface area contributed by atoms with Crippen molar-refractivity contribution >= 4 is 11.8 Å². The lowest BCUT2D eigenvalue weighted by Crippen LogP contribution is -2.54. The van der Waals surface area contributed by atoms with Gasteiger partial charge < -0.3 is 9.84 Å². The average Bonchev–Trinajstić information content (AvgIpc) is 2.16. The Bertz CT molecular complexity index is 274. The van der Waals surface area contributed by atoms with Crippen LogP contribution in [0.3, 0.4) is 0 Å². The Morgan fingerprint density at radius 1 is 1.25 bits per heavy atom. The van der Waals surface area contributed by atoms with Crippen molar-refractivity contribution in [2.24, 2.45) is 0 Å². The molecule has 0 aromatic carbocycles. The van der Waals surface area contributed by atoms with Crippen LogP contribution in [-0.2, 0) is 14.3 Å². The topological polar surface area (TPSA) is 63.6 Å². The van der Waals surface area contributed by atoms with E-state index in [1.807, 2.05) is 0 Å². The number of halogens is 3. The first-order valence-corrected chi connectivity index (χ1v) is 4.67. The van der Waals surface area contributed by atoms with Crippen LogP contribution in [0, 0.1) is 0 Å². The van der Waals surface area contributed by atoms with E-state index in [1.54, 1.807) is 0 Å². The van der Waals surface area contributed by atoms with Gasteiger partial charge in [0.05, 0.1) is 13.0 Å². The van der Waals surface area contributed by atoms with E-state index in [0.717, 1.165) is 0 Å². The monoisotopic (exact) mass is 242 g/mol. The van der Waals surface area contributed by atoms with E-state index >= 15 is 0 Å². The standard InChI is InChI=1S/C9H13F3O4/c1-3-6(13)5-8(15,9(10,11)12)7(14)16-4-2/h15H,3-5H2,1-2H3. The molecule has 4 nitrogen and oxygen atoms in total. The second-order valence-electron chi connectivity index (χ2n) is 3.15.